The molecule has 1 aromatic heterocycles. The second-order valence-electron chi connectivity index (χ2n) is 6.78. The second-order valence-corrected chi connectivity index (χ2v) is 6.78. The Bertz CT molecular complexity index is 1100. The van der Waals surface area contributed by atoms with E-state index < -0.39 is 5.91 Å². The van der Waals surface area contributed by atoms with Gasteiger partial charge in [-0.3, -0.25) is 4.79 Å². The number of carbonyl (C=O) groups is 1. The van der Waals surface area contributed by atoms with Crippen molar-refractivity contribution in [1.29, 1.82) is 0 Å². The van der Waals surface area contributed by atoms with E-state index in [0.717, 1.165) is 16.8 Å². The molecule has 4 aromatic rings. The Morgan fingerprint density at radius 1 is 0.931 bits per heavy atom. The summed E-state index contributed by atoms with van der Waals surface area (Å²) in [5.41, 5.74) is 4.17. The molecular weight excluding hydrogens is 367 g/mol. The van der Waals surface area contributed by atoms with Crippen LogP contribution in [-0.4, -0.2) is 20.7 Å². The molecule has 0 saturated heterocycles. The van der Waals surface area contributed by atoms with E-state index in [1.165, 1.54) is 12.1 Å². The van der Waals surface area contributed by atoms with Gasteiger partial charge in [-0.25, -0.2) is 14.1 Å². The third-order valence-electron chi connectivity index (χ3n) is 4.58. The normalized spacial score (nSPS) is 10.7. The van der Waals surface area contributed by atoms with Crippen LogP contribution in [0.25, 0.3) is 17.1 Å². The van der Waals surface area contributed by atoms with Crippen LogP contribution in [0.3, 0.4) is 0 Å². The van der Waals surface area contributed by atoms with Gasteiger partial charge in [0, 0.05) is 11.3 Å². The zero-order valence-electron chi connectivity index (χ0n) is 16.1. The van der Waals surface area contributed by atoms with Crippen LogP contribution < -0.4 is 5.32 Å². The quantitative estimate of drug-likeness (QED) is 0.540. The van der Waals surface area contributed by atoms with Crippen LogP contribution in [0.15, 0.2) is 72.8 Å². The fourth-order valence-electron chi connectivity index (χ4n) is 2.95. The van der Waals surface area contributed by atoms with Crippen molar-refractivity contribution in [3.63, 3.8) is 0 Å². The lowest BCUT2D eigenvalue weighted by Gasteiger charge is -2.06. The number of hydrogen-bond donors (Lipinski definition) is 1. The first-order chi connectivity index (χ1) is 14.0. The first kappa shape index (κ1) is 18.6. The first-order valence-electron chi connectivity index (χ1n) is 9.18. The molecule has 1 heterocycles. The maximum Gasteiger partial charge on any atom is 0.295 e. The Kier molecular flexibility index (Phi) is 4.91. The number of carbonyl (C=O) groups excluding carboxylic acids is 1. The van der Waals surface area contributed by atoms with Crippen molar-refractivity contribution in [2.24, 2.45) is 0 Å². The van der Waals surface area contributed by atoms with E-state index in [2.05, 4.69) is 15.4 Å². The predicted octanol–water partition coefficient (Wildman–Crippen LogP) is 4.94. The predicted molar refractivity (Wildman–Crippen MR) is 111 cm³/mol. The zero-order valence-corrected chi connectivity index (χ0v) is 16.1. The Balaban J connectivity index is 1.76. The number of halogens is 1. The summed E-state index contributed by atoms with van der Waals surface area (Å²) >= 11 is 0. The molecule has 0 atom stereocenters. The fourth-order valence-corrected chi connectivity index (χ4v) is 2.95. The van der Waals surface area contributed by atoms with Gasteiger partial charge in [0.25, 0.3) is 5.91 Å². The summed E-state index contributed by atoms with van der Waals surface area (Å²) in [6.45, 7) is 3.91. The van der Waals surface area contributed by atoms with Crippen LogP contribution in [0, 0.1) is 19.7 Å². The molecule has 0 unspecified atom stereocenters. The SMILES string of the molecule is Cc1ccc(-n2nc(C(=O)Nc3ccccc3C)nc2-c2ccc(F)cc2)cc1. The number of nitrogens with one attached hydrogen (secondary N) is 1. The van der Waals surface area contributed by atoms with Gasteiger partial charge in [0.1, 0.15) is 5.82 Å². The van der Waals surface area contributed by atoms with E-state index >= 15 is 0 Å². The average Bonchev–Trinajstić information content (AvgIpc) is 3.16. The highest BCUT2D eigenvalue weighted by atomic mass is 19.1. The number of aromatic nitrogens is 3. The van der Waals surface area contributed by atoms with Crippen molar-refractivity contribution in [2.75, 3.05) is 5.32 Å². The molecule has 0 bridgehead atoms. The van der Waals surface area contributed by atoms with Crippen molar-refractivity contribution in [2.45, 2.75) is 13.8 Å². The van der Waals surface area contributed by atoms with Crippen molar-refractivity contribution in [1.82, 2.24) is 14.8 Å². The molecule has 0 saturated carbocycles. The number of para-hydroxylation sites is 1. The summed E-state index contributed by atoms with van der Waals surface area (Å²) < 4.78 is 15.0. The van der Waals surface area contributed by atoms with Gasteiger partial charge in [-0.1, -0.05) is 35.9 Å². The summed E-state index contributed by atoms with van der Waals surface area (Å²) in [7, 11) is 0. The van der Waals surface area contributed by atoms with Crippen LogP contribution in [0.2, 0.25) is 0 Å². The molecule has 0 radical (unpaired) electrons. The molecule has 3 aromatic carbocycles. The van der Waals surface area contributed by atoms with E-state index in [9.17, 15) is 9.18 Å². The topological polar surface area (TPSA) is 59.8 Å². The van der Waals surface area contributed by atoms with Gasteiger partial charge in [-0.05, 0) is 61.9 Å². The Labute approximate surface area is 167 Å². The van der Waals surface area contributed by atoms with Gasteiger partial charge < -0.3 is 5.32 Å². The number of amides is 1. The third-order valence-corrected chi connectivity index (χ3v) is 4.58. The lowest BCUT2D eigenvalue weighted by Crippen LogP contribution is -2.15. The molecular formula is C23H19FN4O. The molecule has 0 fully saturated rings. The van der Waals surface area contributed by atoms with Crippen molar-refractivity contribution < 1.29 is 9.18 Å². The molecule has 4 rings (SSSR count). The number of anilines is 1. The van der Waals surface area contributed by atoms with E-state index in [-0.39, 0.29) is 11.6 Å². The molecule has 144 valence electrons. The summed E-state index contributed by atoms with van der Waals surface area (Å²) in [5, 5.41) is 7.29. The van der Waals surface area contributed by atoms with Crippen LogP contribution in [0.1, 0.15) is 21.7 Å². The minimum absolute atomic E-state index is 0.0353. The van der Waals surface area contributed by atoms with Crippen molar-refractivity contribution in [3.05, 3.63) is 95.6 Å². The van der Waals surface area contributed by atoms with Gasteiger partial charge in [0.2, 0.25) is 5.82 Å². The molecule has 6 heteroatoms. The lowest BCUT2D eigenvalue weighted by molar-refractivity contribution is 0.101. The van der Waals surface area contributed by atoms with Gasteiger partial charge in [-0.15, -0.1) is 5.10 Å². The lowest BCUT2D eigenvalue weighted by atomic mass is 10.2. The summed E-state index contributed by atoms with van der Waals surface area (Å²) in [6, 6.07) is 21.2. The van der Waals surface area contributed by atoms with E-state index in [1.807, 2.05) is 62.4 Å². The summed E-state index contributed by atoms with van der Waals surface area (Å²) in [5.74, 6) is -0.252. The smallest absolute Gasteiger partial charge is 0.295 e. The zero-order chi connectivity index (χ0) is 20.4. The van der Waals surface area contributed by atoms with Crippen LogP contribution in [-0.2, 0) is 0 Å². The Hall–Kier alpha value is -3.80. The number of nitrogens with zero attached hydrogens (tertiary/aromatic N) is 3. The van der Waals surface area contributed by atoms with Crippen LogP contribution in [0.5, 0.6) is 0 Å². The highest BCUT2D eigenvalue weighted by Gasteiger charge is 2.19. The summed E-state index contributed by atoms with van der Waals surface area (Å²) in [4.78, 5) is 17.2. The molecule has 1 amide bonds. The number of benzene rings is 3. The number of hydrogen-bond acceptors (Lipinski definition) is 3. The van der Waals surface area contributed by atoms with E-state index in [4.69, 9.17) is 0 Å². The van der Waals surface area contributed by atoms with Gasteiger partial charge >= 0.3 is 0 Å². The maximum absolute atomic E-state index is 13.4. The highest BCUT2D eigenvalue weighted by Crippen LogP contribution is 2.23. The molecule has 1 N–H and O–H groups in total. The average molecular weight is 386 g/mol. The van der Waals surface area contributed by atoms with Crippen molar-refractivity contribution >= 4 is 11.6 Å². The largest absolute Gasteiger partial charge is 0.319 e. The molecule has 0 aliphatic rings. The highest BCUT2D eigenvalue weighted by molar-refractivity contribution is 6.02. The Morgan fingerprint density at radius 2 is 1.62 bits per heavy atom. The first-order valence-corrected chi connectivity index (χ1v) is 9.18. The molecule has 0 aliphatic carbocycles. The second kappa shape index (κ2) is 7.67. The standard InChI is InChI=1S/C23H19FN4O/c1-15-7-13-19(14-8-15)28-22(17-9-11-18(24)12-10-17)26-21(27-28)23(29)25-20-6-4-3-5-16(20)2/h3-14H,1-2H3,(H,25,29). The number of rotatable bonds is 4. The minimum atomic E-state index is -0.409. The third kappa shape index (κ3) is 3.91. The van der Waals surface area contributed by atoms with E-state index in [1.54, 1.807) is 16.8 Å². The summed E-state index contributed by atoms with van der Waals surface area (Å²) in [6.07, 6.45) is 0. The molecule has 29 heavy (non-hydrogen) atoms. The van der Waals surface area contributed by atoms with E-state index in [0.29, 0.717) is 17.1 Å². The van der Waals surface area contributed by atoms with Crippen LogP contribution >= 0.6 is 0 Å². The Morgan fingerprint density at radius 3 is 2.31 bits per heavy atom. The molecule has 0 aliphatic heterocycles. The fraction of sp³-hybridized carbons (Fsp3) is 0.0870. The van der Waals surface area contributed by atoms with Gasteiger partial charge in [-0.2, -0.15) is 0 Å². The van der Waals surface area contributed by atoms with Gasteiger partial charge in [0.15, 0.2) is 5.82 Å². The monoisotopic (exact) mass is 386 g/mol. The minimum Gasteiger partial charge on any atom is -0.319 e. The molecule has 0 spiro atoms. The van der Waals surface area contributed by atoms with Crippen LogP contribution in [0.4, 0.5) is 10.1 Å². The maximum atomic E-state index is 13.4. The molecule has 5 nitrogen and oxygen atoms in total. The van der Waals surface area contributed by atoms with Crippen molar-refractivity contribution in [3.8, 4) is 17.1 Å². The van der Waals surface area contributed by atoms with Gasteiger partial charge in [0.05, 0.1) is 5.69 Å². The number of aryl methyl sites for hydroxylation is 2.